The Hall–Kier alpha value is -0.540. The molecule has 0 aromatic carbocycles. The maximum absolute atomic E-state index is 3.38. The van der Waals surface area contributed by atoms with Gasteiger partial charge in [-0.05, 0) is 19.2 Å². The second-order valence-electron chi connectivity index (χ2n) is 2.77. The summed E-state index contributed by atoms with van der Waals surface area (Å²) in [4.78, 5) is 2.39. The van der Waals surface area contributed by atoms with Crippen molar-refractivity contribution in [3.8, 4) is 0 Å². The van der Waals surface area contributed by atoms with E-state index >= 15 is 0 Å². The summed E-state index contributed by atoms with van der Waals surface area (Å²) in [7, 11) is 0. The molecule has 2 rings (SSSR count). The van der Waals surface area contributed by atoms with Gasteiger partial charge in [-0.25, -0.2) is 0 Å². The molecule has 0 amide bonds. The average molecular weight is 139 g/mol. The number of nitrogens with one attached hydrogen (secondary N) is 2. The van der Waals surface area contributed by atoms with Crippen LogP contribution in [0.5, 0.6) is 0 Å². The molecule has 0 aromatic heterocycles. The Morgan fingerprint density at radius 2 is 2.50 bits per heavy atom. The van der Waals surface area contributed by atoms with Crippen LogP contribution in [0.4, 0.5) is 0 Å². The molecule has 2 aliphatic heterocycles. The fourth-order valence-corrected chi connectivity index (χ4v) is 1.49. The number of hydrogen-bond donors (Lipinski definition) is 2. The van der Waals surface area contributed by atoms with Crippen molar-refractivity contribution in [3.63, 3.8) is 0 Å². The van der Waals surface area contributed by atoms with Gasteiger partial charge in [0.2, 0.25) is 0 Å². The number of rotatable bonds is 0. The molecule has 0 spiro atoms. The molecule has 3 heteroatoms. The molecule has 2 N–H and O–H groups in total. The highest BCUT2D eigenvalue weighted by atomic mass is 15.4. The summed E-state index contributed by atoms with van der Waals surface area (Å²) in [6.45, 7) is 3.45. The minimum absolute atomic E-state index is 0.402. The van der Waals surface area contributed by atoms with E-state index in [1.807, 2.05) is 6.20 Å². The lowest BCUT2D eigenvalue weighted by Crippen LogP contribution is -2.59. The van der Waals surface area contributed by atoms with E-state index in [2.05, 4.69) is 21.6 Å². The van der Waals surface area contributed by atoms with E-state index in [4.69, 9.17) is 0 Å². The molecular weight excluding hydrogens is 126 g/mol. The lowest BCUT2D eigenvalue weighted by Gasteiger charge is -2.37. The van der Waals surface area contributed by atoms with E-state index in [0.29, 0.717) is 6.29 Å². The quantitative estimate of drug-likeness (QED) is 0.482. The van der Waals surface area contributed by atoms with E-state index in [0.717, 1.165) is 13.1 Å². The predicted molar refractivity (Wildman–Crippen MR) is 40.3 cm³/mol. The zero-order chi connectivity index (χ0) is 6.81. The molecular formula is C7H13N3. The second-order valence-corrected chi connectivity index (χ2v) is 2.77. The van der Waals surface area contributed by atoms with Gasteiger partial charge >= 0.3 is 0 Å². The molecule has 1 fully saturated rings. The third kappa shape index (κ3) is 1.02. The molecule has 0 saturated carbocycles. The number of nitrogens with zero attached hydrogens (tertiary/aromatic N) is 1. The molecule has 0 bridgehead atoms. The van der Waals surface area contributed by atoms with E-state index < -0.39 is 0 Å². The van der Waals surface area contributed by atoms with Crippen LogP contribution in [0.3, 0.4) is 0 Å². The SMILES string of the molecule is C1=CNC2NCCCN2C1. The zero-order valence-electron chi connectivity index (χ0n) is 6.01. The van der Waals surface area contributed by atoms with Crippen molar-refractivity contribution in [2.75, 3.05) is 19.6 Å². The van der Waals surface area contributed by atoms with E-state index in [9.17, 15) is 0 Å². The molecule has 56 valence electrons. The highest BCUT2D eigenvalue weighted by Gasteiger charge is 2.20. The third-order valence-electron chi connectivity index (χ3n) is 2.04. The monoisotopic (exact) mass is 139 g/mol. The van der Waals surface area contributed by atoms with Crippen LogP contribution < -0.4 is 10.6 Å². The maximum atomic E-state index is 3.38. The van der Waals surface area contributed by atoms with E-state index in [1.165, 1.54) is 13.0 Å². The minimum atomic E-state index is 0.402. The van der Waals surface area contributed by atoms with Crippen molar-refractivity contribution in [1.29, 1.82) is 0 Å². The van der Waals surface area contributed by atoms with Gasteiger partial charge in [0.05, 0.1) is 0 Å². The van der Waals surface area contributed by atoms with Crippen molar-refractivity contribution in [1.82, 2.24) is 15.5 Å². The van der Waals surface area contributed by atoms with Gasteiger partial charge < -0.3 is 5.32 Å². The van der Waals surface area contributed by atoms with Crippen LogP contribution in [0.25, 0.3) is 0 Å². The van der Waals surface area contributed by atoms with Crippen molar-refractivity contribution in [3.05, 3.63) is 12.3 Å². The summed E-state index contributed by atoms with van der Waals surface area (Å²) < 4.78 is 0. The predicted octanol–water partition coefficient (Wildman–Crippen LogP) is -0.318. The molecule has 1 unspecified atom stereocenters. The zero-order valence-corrected chi connectivity index (χ0v) is 6.01. The summed E-state index contributed by atoms with van der Waals surface area (Å²) in [5.74, 6) is 0. The summed E-state index contributed by atoms with van der Waals surface area (Å²) >= 11 is 0. The average Bonchev–Trinajstić information content (AvgIpc) is 2.05. The molecule has 0 radical (unpaired) electrons. The first-order valence-corrected chi connectivity index (χ1v) is 3.85. The highest BCUT2D eigenvalue weighted by Crippen LogP contribution is 2.04. The summed E-state index contributed by atoms with van der Waals surface area (Å²) in [5.41, 5.74) is 0. The van der Waals surface area contributed by atoms with Crippen LogP contribution in [-0.2, 0) is 0 Å². The molecule has 0 aromatic rings. The first-order chi connectivity index (χ1) is 4.97. The smallest absolute Gasteiger partial charge is 0.134 e. The highest BCUT2D eigenvalue weighted by molar-refractivity contribution is 4.93. The second kappa shape index (κ2) is 2.60. The molecule has 1 atom stereocenters. The number of hydrogen-bond acceptors (Lipinski definition) is 3. The van der Waals surface area contributed by atoms with Crippen molar-refractivity contribution < 1.29 is 0 Å². The molecule has 0 aliphatic carbocycles. The Morgan fingerprint density at radius 3 is 3.40 bits per heavy atom. The van der Waals surface area contributed by atoms with Gasteiger partial charge in [0.15, 0.2) is 0 Å². The summed E-state index contributed by atoms with van der Waals surface area (Å²) in [6.07, 6.45) is 5.86. The van der Waals surface area contributed by atoms with Crippen LogP contribution in [0.15, 0.2) is 12.3 Å². The Bertz CT molecular complexity index is 128. The van der Waals surface area contributed by atoms with Crippen molar-refractivity contribution >= 4 is 0 Å². The fraction of sp³-hybridized carbons (Fsp3) is 0.714. The van der Waals surface area contributed by atoms with Gasteiger partial charge in [-0.2, -0.15) is 0 Å². The Labute approximate surface area is 61.1 Å². The minimum Gasteiger partial charge on any atom is -0.364 e. The fourth-order valence-electron chi connectivity index (χ4n) is 1.49. The van der Waals surface area contributed by atoms with Gasteiger partial charge in [-0.1, -0.05) is 6.08 Å². The van der Waals surface area contributed by atoms with Crippen molar-refractivity contribution in [2.45, 2.75) is 12.7 Å². The molecule has 10 heavy (non-hydrogen) atoms. The van der Waals surface area contributed by atoms with Gasteiger partial charge in [-0.3, -0.25) is 10.2 Å². The Balaban J connectivity index is 2.01. The summed E-state index contributed by atoms with van der Waals surface area (Å²) in [5, 5.41) is 6.64. The lowest BCUT2D eigenvalue weighted by molar-refractivity contribution is 0.120. The number of fused-ring (bicyclic) bond motifs is 1. The van der Waals surface area contributed by atoms with E-state index in [1.54, 1.807) is 0 Å². The van der Waals surface area contributed by atoms with Gasteiger partial charge in [0.25, 0.3) is 0 Å². The van der Waals surface area contributed by atoms with E-state index in [-0.39, 0.29) is 0 Å². The third-order valence-corrected chi connectivity index (χ3v) is 2.04. The van der Waals surface area contributed by atoms with Crippen LogP contribution in [0.2, 0.25) is 0 Å². The van der Waals surface area contributed by atoms with Gasteiger partial charge in [0.1, 0.15) is 6.29 Å². The van der Waals surface area contributed by atoms with Crippen LogP contribution in [-0.4, -0.2) is 30.8 Å². The standard InChI is InChI=1S/C7H13N3/c1-3-8-7-9-4-2-6-10(7)5-1/h1,3,7-9H,2,4-6H2. The molecule has 2 aliphatic rings. The maximum Gasteiger partial charge on any atom is 0.134 e. The largest absolute Gasteiger partial charge is 0.364 e. The van der Waals surface area contributed by atoms with Crippen LogP contribution in [0.1, 0.15) is 6.42 Å². The summed E-state index contributed by atoms with van der Waals surface area (Å²) in [6, 6.07) is 0. The Kier molecular flexibility index (Phi) is 1.61. The Morgan fingerprint density at radius 1 is 1.50 bits per heavy atom. The van der Waals surface area contributed by atoms with Crippen LogP contribution >= 0.6 is 0 Å². The first kappa shape index (κ1) is 6.19. The molecule has 1 saturated heterocycles. The van der Waals surface area contributed by atoms with Crippen molar-refractivity contribution in [2.24, 2.45) is 0 Å². The lowest BCUT2D eigenvalue weighted by atomic mass is 10.3. The topological polar surface area (TPSA) is 27.3 Å². The first-order valence-electron chi connectivity index (χ1n) is 3.85. The van der Waals surface area contributed by atoms with Gasteiger partial charge in [0, 0.05) is 13.1 Å². The van der Waals surface area contributed by atoms with Crippen LogP contribution in [0, 0.1) is 0 Å². The molecule has 2 heterocycles. The molecule has 3 nitrogen and oxygen atoms in total. The normalized spacial score (nSPS) is 33.0. The van der Waals surface area contributed by atoms with Gasteiger partial charge in [-0.15, -0.1) is 0 Å².